The molecule has 0 radical (unpaired) electrons. The molecule has 0 spiro atoms. The van der Waals surface area contributed by atoms with Crippen LogP contribution in [0.15, 0.2) is 24.3 Å². The van der Waals surface area contributed by atoms with E-state index in [2.05, 4.69) is 10.6 Å². The van der Waals surface area contributed by atoms with Crippen molar-refractivity contribution in [2.24, 2.45) is 5.92 Å². The first kappa shape index (κ1) is 14.9. The van der Waals surface area contributed by atoms with Crippen molar-refractivity contribution in [3.8, 4) is 6.07 Å². The fraction of sp³-hybridized carbons (Fsp3) is 0.400. The number of carbonyl (C=O) groups is 2. The third-order valence-corrected chi connectivity index (χ3v) is 3.70. The Balaban J connectivity index is 2.01. The van der Waals surface area contributed by atoms with E-state index in [1.807, 2.05) is 6.07 Å². The summed E-state index contributed by atoms with van der Waals surface area (Å²) in [7, 11) is 0. The summed E-state index contributed by atoms with van der Waals surface area (Å²) in [5.74, 6) is -1.42. The van der Waals surface area contributed by atoms with Gasteiger partial charge in [0.15, 0.2) is 0 Å². The summed E-state index contributed by atoms with van der Waals surface area (Å²) in [6.07, 6.45) is 3.01. The SMILES string of the molecule is N#Cc1ccccc1NC(=O)NC1CCCCC1C(=O)O. The van der Waals surface area contributed by atoms with Crippen molar-refractivity contribution in [1.29, 1.82) is 5.26 Å². The van der Waals surface area contributed by atoms with Crippen LogP contribution in [0, 0.1) is 17.2 Å². The minimum Gasteiger partial charge on any atom is -0.481 e. The van der Waals surface area contributed by atoms with Gasteiger partial charge in [-0.3, -0.25) is 4.79 Å². The van der Waals surface area contributed by atoms with Gasteiger partial charge >= 0.3 is 12.0 Å². The molecule has 1 aromatic carbocycles. The zero-order chi connectivity index (χ0) is 15.2. The van der Waals surface area contributed by atoms with Crippen LogP contribution in [0.25, 0.3) is 0 Å². The fourth-order valence-electron chi connectivity index (χ4n) is 2.62. The third kappa shape index (κ3) is 3.72. The fourth-order valence-corrected chi connectivity index (χ4v) is 2.62. The van der Waals surface area contributed by atoms with Crippen LogP contribution < -0.4 is 10.6 Å². The lowest BCUT2D eigenvalue weighted by Gasteiger charge is -2.29. The van der Waals surface area contributed by atoms with Crippen LogP contribution in [0.4, 0.5) is 10.5 Å². The number of urea groups is 1. The number of carboxylic acid groups (broad SMARTS) is 1. The maximum absolute atomic E-state index is 12.0. The van der Waals surface area contributed by atoms with Crippen LogP contribution >= 0.6 is 0 Å². The molecule has 6 nitrogen and oxygen atoms in total. The summed E-state index contributed by atoms with van der Waals surface area (Å²) in [5, 5.41) is 23.5. The lowest BCUT2D eigenvalue weighted by molar-refractivity contribution is -0.143. The predicted octanol–water partition coefficient (Wildman–Crippen LogP) is 2.32. The van der Waals surface area contributed by atoms with Crippen LogP contribution in [0.3, 0.4) is 0 Å². The minimum absolute atomic E-state index is 0.367. The largest absolute Gasteiger partial charge is 0.481 e. The highest BCUT2D eigenvalue weighted by molar-refractivity contribution is 5.91. The Hall–Kier alpha value is -2.55. The van der Waals surface area contributed by atoms with Gasteiger partial charge in [0, 0.05) is 6.04 Å². The molecular weight excluding hydrogens is 270 g/mol. The van der Waals surface area contributed by atoms with Gasteiger partial charge in [-0.05, 0) is 25.0 Å². The number of carbonyl (C=O) groups excluding carboxylic acids is 1. The molecular formula is C15H17N3O3. The van der Waals surface area contributed by atoms with Crippen molar-refractivity contribution >= 4 is 17.7 Å². The van der Waals surface area contributed by atoms with Crippen LogP contribution in [-0.4, -0.2) is 23.1 Å². The second kappa shape index (κ2) is 6.75. The van der Waals surface area contributed by atoms with E-state index >= 15 is 0 Å². The highest BCUT2D eigenvalue weighted by Crippen LogP contribution is 2.24. The molecule has 6 heteroatoms. The first-order chi connectivity index (χ1) is 10.1. The molecule has 110 valence electrons. The molecule has 2 unspecified atom stereocenters. The summed E-state index contributed by atoms with van der Waals surface area (Å²) in [4.78, 5) is 23.2. The van der Waals surface area contributed by atoms with Gasteiger partial charge in [0.2, 0.25) is 0 Å². The second-order valence-electron chi connectivity index (χ2n) is 5.09. The Morgan fingerprint density at radius 3 is 2.67 bits per heavy atom. The summed E-state index contributed by atoms with van der Waals surface area (Å²) in [6, 6.07) is 7.82. The molecule has 3 N–H and O–H groups in total. The predicted molar refractivity (Wildman–Crippen MR) is 76.7 cm³/mol. The number of anilines is 1. The summed E-state index contributed by atoms with van der Waals surface area (Å²) in [5.41, 5.74) is 0.784. The van der Waals surface area contributed by atoms with E-state index in [4.69, 9.17) is 5.26 Å². The molecule has 0 saturated heterocycles. The molecule has 2 rings (SSSR count). The molecule has 0 bridgehead atoms. The van der Waals surface area contributed by atoms with Gasteiger partial charge < -0.3 is 15.7 Å². The number of hydrogen-bond donors (Lipinski definition) is 3. The molecule has 1 aromatic rings. The van der Waals surface area contributed by atoms with E-state index in [-0.39, 0.29) is 6.04 Å². The summed E-state index contributed by atoms with van der Waals surface area (Å²) in [6.45, 7) is 0. The monoisotopic (exact) mass is 287 g/mol. The van der Waals surface area contributed by atoms with Crippen LogP contribution in [0.1, 0.15) is 31.2 Å². The number of amides is 2. The Morgan fingerprint density at radius 1 is 1.24 bits per heavy atom. The normalized spacial score (nSPS) is 21.1. The first-order valence-electron chi connectivity index (χ1n) is 6.91. The molecule has 0 aromatic heterocycles. The van der Waals surface area contributed by atoms with Crippen LogP contribution in [0.2, 0.25) is 0 Å². The van der Waals surface area contributed by atoms with Gasteiger partial charge in [-0.2, -0.15) is 5.26 Å². The quantitative estimate of drug-likeness (QED) is 0.793. The van der Waals surface area contributed by atoms with Gasteiger partial charge in [-0.1, -0.05) is 25.0 Å². The van der Waals surface area contributed by atoms with Crippen molar-refractivity contribution in [1.82, 2.24) is 5.32 Å². The van der Waals surface area contributed by atoms with Crippen molar-refractivity contribution in [2.75, 3.05) is 5.32 Å². The zero-order valence-electron chi connectivity index (χ0n) is 11.5. The number of rotatable bonds is 3. The van der Waals surface area contributed by atoms with Crippen LogP contribution in [0.5, 0.6) is 0 Å². The first-order valence-corrected chi connectivity index (χ1v) is 6.91. The Labute approximate surface area is 122 Å². The average Bonchev–Trinajstić information content (AvgIpc) is 2.48. The van der Waals surface area contributed by atoms with Gasteiger partial charge in [0.05, 0.1) is 17.2 Å². The molecule has 0 aliphatic heterocycles. The van der Waals surface area contributed by atoms with E-state index in [0.717, 1.165) is 12.8 Å². The number of nitrogens with one attached hydrogen (secondary N) is 2. The van der Waals surface area contributed by atoms with E-state index < -0.39 is 17.9 Å². The number of aliphatic carboxylic acids is 1. The maximum Gasteiger partial charge on any atom is 0.319 e. The van der Waals surface area contributed by atoms with E-state index in [1.165, 1.54) is 0 Å². The molecule has 1 fully saturated rings. The summed E-state index contributed by atoms with van der Waals surface area (Å²) < 4.78 is 0. The highest BCUT2D eigenvalue weighted by atomic mass is 16.4. The number of benzene rings is 1. The van der Waals surface area contributed by atoms with Gasteiger partial charge in [-0.15, -0.1) is 0 Å². The molecule has 0 heterocycles. The van der Waals surface area contributed by atoms with Gasteiger partial charge in [-0.25, -0.2) is 4.79 Å². The standard InChI is InChI=1S/C15H17N3O3/c16-9-10-5-1-3-7-12(10)17-15(21)18-13-8-4-2-6-11(13)14(19)20/h1,3,5,7,11,13H,2,4,6,8H2,(H,19,20)(H2,17,18,21). The minimum atomic E-state index is -0.877. The molecule has 1 aliphatic carbocycles. The molecule has 21 heavy (non-hydrogen) atoms. The molecule has 2 amide bonds. The number of carboxylic acids is 1. The van der Waals surface area contributed by atoms with Crippen molar-refractivity contribution in [2.45, 2.75) is 31.7 Å². The highest BCUT2D eigenvalue weighted by Gasteiger charge is 2.31. The van der Waals surface area contributed by atoms with E-state index in [1.54, 1.807) is 24.3 Å². The zero-order valence-corrected chi connectivity index (χ0v) is 11.5. The van der Waals surface area contributed by atoms with Gasteiger partial charge in [0.25, 0.3) is 0 Å². The molecule has 1 aliphatic rings. The molecule has 2 atom stereocenters. The Morgan fingerprint density at radius 2 is 1.95 bits per heavy atom. The number of hydrogen-bond acceptors (Lipinski definition) is 3. The number of nitriles is 1. The topological polar surface area (TPSA) is 102 Å². The molecule has 1 saturated carbocycles. The third-order valence-electron chi connectivity index (χ3n) is 3.70. The lowest BCUT2D eigenvalue weighted by atomic mass is 9.84. The van der Waals surface area contributed by atoms with Crippen molar-refractivity contribution in [3.05, 3.63) is 29.8 Å². The number of nitrogens with zero attached hydrogens (tertiary/aromatic N) is 1. The average molecular weight is 287 g/mol. The lowest BCUT2D eigenvalue weighted by Crippen LogP contribution is -2.46. The summed E-state index contributed by atoms with van der Waals surface area (Å²) >= 11 is 0. The van der Waals surface area contributed by atoms with E-state index in [9.17, 15) is 14.7 Å². The Bertz CT molecular complexity index is 580. The number of para-hydroxylation sites is 1. The van der Waals surface area contributed by atoms with E-state index in [0.29, 0.717) is 24.1 Å². The second-order valence-corrected chi connectivity index (χ2v) is 5.09. The smallest absolute Gasteiger partial charge is 0.319 e. The maximum atomic E-state index is 12.0. The van der Waals surface area contributed by atoms with Gasteiger partial charge in [0.1, 0.15) is 6.07 Å². The van der Waals surface area contributed by atoms with Crippen molar-refractivity contribution in [3.63, 3.8) is 0 Å². The van der Waals surface area contributed by atoms with Crippen LogP contribution in [-0.2, 0) is 4.79 Å². The van der Waals surface area contributed by atoms with Crippen molar-refractivity contribution < 1.29 is 14.7 Å². The Kier molecular flexibility index (Phi) is 4.77.